The van der Waals surface area contributed by atoms with Crippen LogP contribution in [0.25, 0.3) is 0 Å². The van der Waals surface area contributed by atoms with Crippen molar-refractivity contribution in [1.29, 1.82) is 0 Å². The number of rotatable bonds is 7. The summed E-state index contributed by atoms with van der Waals surface area (Å²) in [6.07, 6.45) is 7.27. The van der Waals surface area contributed by atoms with Gasteiger partial charge in [0, 0.05) is 30.8 Å². The van der Waals surface area contributed by atoms with E-state index in [9.17, 15) is 14.9 Å². The Morgan fingerprint density at radius 3 is 2.55 bits per heavy atom. The van der Waals surface area contributed by atoms with Gasteiger partial charge in [-0.15, -0.1) is 0 Å². The summed E-state index contributed by atoms with van der Waals surface area (Å²) in [6, 6.07) is 5.60. The highest BCUT2D eigenvalue weighted by atomic mass is 16.6. The minimum atomic E-state index is -0.482. The van der Waals surface area contributed by atoms with Gasteiger partial charge in [0.25, 0.3) is 11.6 Å². The van der Waals surface area contributed by atoms with E-state index in [4.69, 9.17) is 4.74 Å². The number of non-ortho nitro benzene ring substituents is 1. The number of nitrogens with zero attached hydrogens (tertiary/aromatic N) is 1. The van der Waals surface area contributed by atoms with Crippen LogP contribution in [-0.2, 0) is 4.74 Å². The monoisotopic (exact) mass is 306 g/mol. The molecule has 120 valence electrons. The van der Waals surface area contributed by atoms with Gasteiger partial charge in [0.15, 0.2) is 0 Å². The Morgan fingerprint density at radius 2 is 1.91 bits per heavy atom. The molecule has 0 aromatic heterocycles. The Morgan fingerprint density at radius 1 is 1.23 bits per heavy atom. The third-order valence-electron chi connectivity index (χ3n) is 3.85. The average molecular weight is 306 g/mol. The lowest BCUT2D eigenvalue weighted by atomic mass is 9.98. The van der Waals surface area contributed by atoms with Crippen molar-refractivity contribution in [3.8, 4) is 0 Å². The molecule has 0 radical (unpaired) electrons. The van der Waals surface area contributed by atoms with Crippen molar-refractivity contribution in [2.45, 2.75) is 44.6 Å². The lowest BCUT2D eigenvalue weighted by Gasteiger charge is -2.21. The van der Waals surface area contributed by atoms with E-state index in [0.717, 1.165) is 19.3 Å². The smallest absolute Gasteiger partial charge is 0.269 e. The van der Waals surface area contributed by atoms with Crippen LogP contribution in [0, 0.1) is 10.1 Å². The highest BCUT2D eigenvalue weighted by molar-refractivity contribution is 5.94. The van der Waals surface area contributed by atoms with Gasteiger partial charge in [0.2, 0.25) is 0 Å². The fourth-order valence-electron chi connectivity index (χ4n) is 2.59. The second-order valence-electron chi connectivity index (χ2n) is 5.54. The number of nitrogens with one attached hydrogen (secondary N) is 1. The van der Waals surface area contributed by atoms with Crippen LogP contribution in [0.2, 0.25) is 0 Å². The summed E-state index contributed by atoms with van der Waals surface area (Å²) >= 11 is 0. The van der Waals surface area contributed by atoms with Crippen LogP contribution in [0.1, 0.15) is 48.9 Å². The SMILES string of the molecule is O=C(NCCCOC1CCCCC1)c1ccc([N+](=O)[O-])cc1. The lowest BCUT2D eigenvalue weighted by molar-refractivity contribution is -0.384. The fraction of sp³-hybridized carbons (Fsp3) is 0.562. The molecule has 1 aliphatic carbocycles. The van der Waals surface area contributed by atoms with E-state index < -0.39 is 4.92 Å². The largest absolute Gasteiger partial charge is 0.378 e. The zero-order chi connectivity index (χ0) is 15.8. The van der Waals surface area contributed by atoms with Crippen LogP contribution in [0.3, 0.4) is 0 Å². The molecule has 6 nitrogen and oxygen atoms in total. The highest BCUT2D eigenvalue weighted by Crippen LogP contribution is 2.20. The molecule has 1 fully saturated rings. The topological polar surface area (TPSA) is 81.5 Å². The summed E-state index contributed by atoms with van der Waals surface area (Å²) in [7, 11) is 0. The van der Waals surface area contributed by atoms with Gasteiger partial charge in [0.05, 0.1) is 11.0 Å². The van der Waals surface area contributed by atoms with Crippen LogP contribution in [0.4, 0.5) is 5.69 Å². The molecule has 1 aromatic rings. The molecule has 1 amide bonds. The van der Waals surface area contributed by atoms with E-state index in [1.807, 2.05) is 0 Å². The first-order chi connectivity index (χ1) is 10.7. The Labute approximate surface area is 130 Å². The molecular formula is C16H22N2O4. The Kier molecular flexibility index (Phi) is 6.33. The van der Waals surface area contributed by atoms with Gasteiger partial charge in [-0.3, -0.25) is 14.9 Å². The molecule has 1 saturated carbocycles. The van der Waals surface area contributed by atoms with Gasteiger partial charge in [-0.05, 0) is 31.4 Å². The fourth-order valence-corrected chi connectivity index (χ4v) is 2.59. The molecule has 22 heavy (non-hydrogen) atoms. The van der Waals surface area contributed by atoms with Crippen LogP contribution in [0.5, 0.6) is 0 Å². The van der Waals surface area contributed by atoms with Crippen LogP contribution < -0.4 is 5.32 Å². The number of carbonyl (C=O) groups excluding carboxylic acids is 1. The normalized spacial score (nSPS) is 15.5. The van der Waals surface area contributed by atoms with Crippen LogP contribution in [-0.4, -0.2) is 30.1 Å². The van der Waals surface area contributed by atoms with E-state index in [2.05, 4.69) is 5.32 Å². The van der Waals surface area contributed by atoms with Gasteiger partial charge >= 0.3 is 0 Å². The standard InChI is InChI=1S/C16H22N2O4/c19-16(13-7-9-14(10-8-13)18(20)21)17-11-4-12-22-15-5-2-1-3-6-15/h7-10,15H,1-6,11-12H2,(H,17,19). The zero-order valence-corrected chi connectivity index (χ0v) is 12.6. The summed E-state index contributed by atoms with van der Waals surface area (Å²) in [4.78, 5) is 21.9. The van der Waals surface area contributed by atoms with E-state index >= 15 is 0 Å². The van der Waals surface area contributed by atoms with Crippen molar-refractivity contribution >= 4 is 11.6 Å². The van der Waals surface area contributed by atoms with Crippen molar-refractivity contribution in [3.63, 3.8) is 0 Å². The van der Waals surface area contributed by atoms with Gasteiger partial charge < -0.3 is 10.1 Å². The molecule has 2 rings (SSSR count). The third kappa shape index (κ3) is 5.11. The molecule has 0 unspecified atom stereocenters. The van der Waals surface area contributed by atoms with Crippen LogP contribution >= 0.6 is 0 Å². The molecule has 0 saturated heterocycles. The molecule has 6 heteroatoms. The van der Waals surface area contributed by atoms with Crippen molar-refractivity contribution in [2.75, 3.05) is 13.2 Å². The molecule has 0 heterocycles. The maximum Gasteiger partial charge on any atom is 0.269 e. The summed E-state index contributed by atoms with van der Waals surface area (Å²) in [5, 5.41) is 13.3. The number of carbonyl (C=O) groups is 1. The highest BCUT2D eigenvalue weighted by Gasteiger charge is 2.13. The Bertz CT molecular complexity index is 495. The first-order valence-electron chi connectivity index (χ1n) is 7.81. The third-order valence-corrected chi connectivity index (χ3v) is 3.85. The van der Waals surface area contributed by atoms with Gasteiger partial charge in [-0.1, -0.05) is 19.3 Å². The van der Waals surface area contributed by atoms with Gasteiger partial charge in [-0.2, -0.15) is 0 Å². The minimum absolute atomic E-state index is 0.0163. The number of amides is 1. The van der Waals surface area contributed by atoms with E-state index in [-0.39, 0.29) is 11.6 Å². The predicted octanol–water partition coefficient (Wildman–Crippen LogP) is 3.06. The minimum Gasteiger partial charge on any atom is -0.378 e. The van der Waals surface area contributed by atoms with E-state index in [1.54, 1.807) is 0 Å². The number of hydrogen-bond acceptors (Lipinski definition) is 4. The molecule has 0 bridgehead atoms. The second kappa shape index (κ2) is 8.48. The zero-order valence-electron chi connectivity index (χ0n) is 12.6. The molecular weight excluding hydrogens is 284 g/mol. The number of nitro groups is 1. The predicted molar refractivity (Wildman–Crippen MR) is 82.9 cm³/mol. The van der Waals surface area contributed by atoms with Crippen molar-refractivity contribution in [1.82, 2.24) is 5.32 Å². The van der Waals surface area contributed by atoms with E-state index in [1.165, 1.54) is 43.5 Å². The maximum atomic E-state index is 11.9. The quantitative estimate of drug-likeness (QED) is 0.477. The van der Waals surface area contributed by atoms with Crippen molar-refractivity contribution in [3.05, 3.63) is 39.9 Å². The van der Waals surface area contributed by atoms with E-state index in [0.29, 0.717) is 24.8 Å². The molecule has 1 aliphatic rings. The second-order valence-corrected chi connectivity index (χ2v) is 5.54. The van der Waals surface area contributed by atoms with Crippen molar-refractivity contribution < 1.29 is 14.5 Å². The maximum absolute atomic E-state index is 11.9. The summed E-state index contributed by atoms with van der Waals surface area (Å²) < 4.78 is 5.79. The summed E-state index contributed by atoms with van der Waals surface area (Å²) in [5.41, 5.74) is 0.413. The van der Waals surface area contributed by atoms with Gasteiger partial charge in [-0.25, -0.2) is 0 Å². The number of hydrogen-bond donors (Lipinski definition) is 1. The first-order valence-corrected chi connectivity index (χ1v) is 7.81. The average Bonchev–Trinajstić information content (AvgIpc) is 2.55. The first kappa shape index (κ1) is 16.4. The number of ether oxygens (including phenoxy) is 1. The molecule has 0 aliphatic heterocycles. The molecule has 1 N–H and O–H groups in total. The summed E-state index contributed by atoms with van der Waals surface area (Å²) in [6.45, 7) is 1.20. The Balaban J connectivity index is 1.63. The van der Waals surface area contributed by atoms with Crippen LogP contribution in [0.15, 0.2) is 24.3 Å². The molecule has 0 atom stereocenters. The molecule has 1 aromatic carbocycles. The Hall–Kier alpha value is -1.95. The lowest BCUT2D eigenvalue weighted by Crippen LogP contribution is -2.26. The number of benzene rings is 1. The van der Waals surface area contributed by atoms with Crippen molar-refractivity contribution in [2.24, 2.45) is 0 Å². The molecule has 0 spiro atoms. The number of nitro benzene ring substituents is 1. The summed E-state index contributed by atoms with van der Waals surface area (Å²) in [5.74, 6) is -0.215. The van der Waals surface area contributed by atoms with Gasteiger partial charge in [0.1, 0.15) is 0 Å².